The number of aliphatic hydroxyl groups is 1. The number of carbonyl (C=O) groups is 2. The topological polar surface area (TPSA) is 78.6 Å². The Hall–Kier alpha value is -1.60. The molecule has 3 amide bonds. The van der Waals surface area contributed by atoms with E-state index in [9.17, 15) is 14.0 Å². The third-order valence-electron chi connectivity index (χ3n) is 2.91. The highest BCUT2D eigenvalue weighted by atomic mass is 19.1. The van der Waals surface area contributed by atoms with Gasteiger partial charge in [-0.1, -0.05) is 0 Å². The Morgan fingerprint density at radius 3 is 3.00 bits per heavy atom. The number of aliphatic hydroxyl groups excluding tert-OH is 1. The van der Waals surface area contributed by atoms with Gasteiger partial charge in [0.1, 0.15) is 24.2 Å². The number of ether oxygens (including phenoxy) is 1. The first-order valence-electron chi connectivity index (χ1n) is 5.54. The molecule has 1 fully saturated rings. The zero-order valence-corrected chi connectivity index (χ0v) is 9.80. The fraction of sp³-hybridized carbons (Fsp3) is 0.545. The van der Waals surface area contributed by atoms with E-state index in [0.29, 0.717) is 0 Å². The summed E-state index contributed by atoms with van der Waals surface area (Å²) in [6, 6.07) is -0.658. The highest BCUT2D eigenvalue weighted by Crippen LogP contribution is 2.32. The number of nitrogens with zero attached hydrogens (tertiary/aromatic N) is 1. The van der Waals surface area contributed by atoms with E-state index in [1.54, 1.807) is 0 Å². The smallest absolute Gasteiger partial charge is 0.394 e. The quantitative estimate of drug-likeness (QED) is 0.666. The van der Waals surface area contributed by atoms with Crippen molar-refractivity contribution >= 4 is 18.2 Å². The number of urea groups is 1. The van der Waals surface area contributed by atoms with Crippen molar-refractivity contribution < 1.29 is 28.4 Å². The highest BCUT2D eigenvalue weighted by Gasteiger charge is 2.46. The number of imide groups is 1. The molecule has 6 nitrogen and oxygen atoms in total. The van der Waals surface area contributed by atoms with E-state index in [-0.39, 0.29) is 13.0 Å². The SMILES string of the molecule is C[C@]1(F)C[C@@H](CO)OC1/C=[N+]1\C=CC(=O)NC1=O. The van der Waals surface area contributed by atoms with Gasteiger partial charge in [-0.2, -0.15) is 14.7 Å². The first-order valence-corrected chi connectivity index (χ1v) is 5.54. The third-order valence-corrected chi connectivity index (χ3v) is 2.91. The van der Waals surface area contributed by atoms with Gasteiger partial charge in [-0.05, 0) is 6.92 Å². The number of carbonyl (C=O) groups excluding carboxylic acids is 2. The van der Waals surface area contributed by atoms with Crippen molar-refractivity contribution in [2.75, 3.05) is 6.61 Å². The highest BCUT2D eigenvalue weighted by molar-refractivity contribution is 6.00. The molecular formula is C11H14FN2O4+. The van der Waals surface area contributed by atoms with Gasteiger partial charge in [-0.15, -0.1) is 0 Å². The van der Waals surface area contributed by atoms with Crippen molar-refractivity contribution in [2.24, 2.45) is 0 Å². The molecule has 0 aromatic rings. The molecule has 0 aromatic carbocycles. The summed E-state index contributed by atoms with van der Waals surface area (Å²) in [5.74, 6) is -0.520. The zero-order chi connectivity index (χ0) is 13.3. The molecule has 1 unspecified atom stereocenters. The summed E-state index contributed by atoms with van der Waals surface area (Å²) in [7, 11) is 0. The summed E-state index contributed by atoms with van der Waals surface area (Å²) in [6.07, 6.45) is 2.19. The molecule has 0 saturated carbocycles. The number of halogens is 1. The molecule has 2 rings (SSSR count). The molecular weight excluding hydrogens is 243 g/mol. The Labute approximate surface area is 103 Å². The molecule has 18 heavy (non-hydrogen) atoms. The summed E-state index contributed by atoms with van der Waals surface area (Å²) in [5.41, 5.74) is -1.66. The summed E-state index contributed by atoms with van der Waals surface area (Å²) in [6.45, 7) is 1.07. The van der Waals surface area contributed by atoms with Gasteiger partial charge in [-0.25, -0.2) is 9.18 Å². The van der Waals surface area contributed by atoms with Crippen LogP contribution in [0.5, 0.6) is 0 Å². The van der Waals surface area contributed by atoms with Gasteiger partial charge in [0.2, 0.25) is 0 Å². The van der Waals surface area contributed by atoms with Crippen molar-refractivity contribution in [3.63, 3.8) is 0 Å². The predicted molar refractivity (Wildman–Crippen MR) is 58.9 cm³/mol. The molecule has 7 heteroatoms. The Bertz CT molecular complexity index is 444. The van der Waals surface area contributed by atoms with E-state index in [1.165, 1.54) is 19.3 Å². The fourth-order valence-electron chi connectivity index (χ4n) is 1.95. The maximum atomic E-state index is 14.2. The Morgan fingerprint density at radius 2 is 2.44 bits per heavy atom. The lowest BCUT2D eigenvalue weighted by molar-refractivity contribution is -0.351. The molecule has 1 saturated heterocycles. The Kier molecular flexibility index (Phi) is 3.27. The number of hydrogen-bond donors (Lipinski definition) is 2. The van der Waals surface area contributed by atoms with Crippen LogP contribution < -0.4 is 5.32 Å². The van der Waals surface area contributed by atoms with Crippen LogP contribution in [0.25, 0.3) is 0 Å². The van der Waals surface area contributed by atoms with Crippen LogP contribution in [0.4, 0.5) is 9.18 Å². The predicted octanol–water partition coefficient (Wildman–Crippen LogP) is -0.289. The molecule has 2 heterocycles. The average Bonchev–Trinajstić information content (AvgIpc) is 2.58. The largest absolute Gasteiger partial charge is 0.503 e. The van der Waals surface area contributed by atoms with Crippen LogP contribution in [0.1, 0.15) is 13.3 Å². The van der Waals surface area contributed by atoms with Crippen LogP contribution in [0, 0.1) is 0 Å². The summed E-state index contributed by atoms with van der Waals surface area (Å²) in [4.78, 5) is 22.3. The van der Waals surface area contributed by atoms with Crippen molar-refractivity contribution in [1.82, 2.24) is 5.32 Å². The summed E-state index contributed by atoms with van der Waals surface area (Å²) < 4.78 is 20.5. The van der Waals surface area contributed by atoms with Crippen molar-refractivity contribution in [3.8, 4) is 0 Å². The van der Waals surface area contributed by atoms with Gasteiger partial charge in [0.05, 0.1) is 18.8 Å². The van der Waals surface area contributed by atoms with Crippen LogP contribution in [0.3, 0.4) is 0 Å². The second kappa shape index (κ2) is 4.58. The van der Waals surface area contributed by atoms with Crippen LogP contribution >= 0.6 is 0 Å². The maximum absolute atomic E-state index is 14.2. The van der Waals surface area contributed by atoms with Crippen LogP contribution in [0.15, 0.2) is 12.3 Å². The number of hydrogen-bond acceptors (Lipinski definition) is 4. The van der Waals surface area contributed by atoms with Gasteiger partial charge in [0.15, 0.2) is 0 Å². The van der Waals surface area contributed by atoms with E-state index >= 15 is 0 Å². The van der Waals surface area contributed by atoms with Gasteiger partial charge in [0.25, 0.3) is 0 Å². The lowest BCUT2D eigenvalue weighted by Gasteiger charge is -2.16. The standard InChI is InChI=1S/C11H13FN2O4/c1-11(12)4-7(6-15)18-8(11)5-14-3-2-9(16)13-10(14)17/h2-3,5,7-8,15H,4,6H2,1H3/p+1/b14-5+/t7-,8?,11-/m0/s1. The minimum atomic E-state index is -1.66. The minimum absolute atomic E-state index is 0.0583. The van der Waals surface area contributed by atoms with Crippen LogP contribution in [0.2, 0.25) is 0 Å². The molecule has 0 aromatic heterocycles. The number of alkyl halides is 1. The average molecular weight is 257 g/mol. The van der Waals surface area contributed by atoms with E-state index in [0.717, 1.165) is 10.7 Å². The van der Waals surface area contributed by atoms with Gasteiger partial charge < -0.3 is 9.84 Å². The minimum Gasteiger partial charge on any atom is -0.394 e. The summed E-state index contributed by atoms with van der Waals surface area (Å²) in [5, 5.41) is 11.0. The molecule has 2 N–H and O–H groups in total. The number of rotatable bonds is 2. The Balaban J connectivity index is 2.20. The first-order chi connectivity index (χ1) is 8.42. The van der Waals surface area contributed by atoms with E-state index in [2.05, 4.69) is 5.32 Å². The van der Waals surface area contributed by atoms with Crippen LogP contribution in [-0.2, 0) is 9.53 Å². The molecule has 3 atom stereocenters. The van der Waals surface area contributed by atoms with Crippen LogP contribution in [-0.4, -0.2) is 52.3 Å². The first kappa shape index (κ1) is 12.8. The molecule has 0 spiro atoms. The molecule has 2 aliphatic rings. The van der Waals surface area contributed by atoms with Gasteiger partial charge >= 0.3 is 11.9 Å². The van der Waals surface area contributed by atoms with Crippen molar-refractivity contribution in [2.45, 2.75) is 31.2 Å². The molecule has 98 valence electrons. The van der Waals surface area contributed by atoms with E-state index < -0.39 is 29.8 Å². The lowest BCUT2D eigenvalue weighted by Crippen LogP contribution is -2.42. The molecule has 0 radical (unpaired) electrons. The van der Waals surface area contributed by atoms with Crippen molar-refractivity contribution in [3.05, 3.63) is 12.3 Å². The van der Waals surface area contributed by atoms with Gasteiger partial charge in [0, 0.05) is 6.42 Å². The maximum Gasteiger partial charge on any atom is 0.503 e. The molecule has 2 aliphatic heterocycles. The second-order valence-electron chi connectivity index (χ2n) is 4.51. The number of nitrogens with one attached hydrogen (secondary N) is 1. The Morgan fingerprint density at radius 1 is 1.72 bits per heavy atom. The van der Waals surface area contributed by atoms with Gasteiger partial charge in [-0.3, -0.25) is 0 Å². The normalized spacial score (nSPS) is 38.3. The molecule has 0 bridgehead atoms. The van der Waals surface area contributed by atoms with Crippen molar-refractivity contribution in [1.29, 1.82) is 0 Å². The van der Waals surface area contributed by atoms with E-state index in [1.807, 2.05) is 0 Å². The summed E-state index contributed by atoms with van der Waals surface area (Å²) >= 11 is 0. The third kappa shape index (κ3) is 2.46. The molecule has 0 aliphatic carbocycles. The zero-order valence-electron chi connectivity index (χ0n) is 9.80. The number of amides is 3. The van der Waals surface area contributed by atoms with E-state index in [4.69, 9.17) is 9.84 Å². The lowest BCUT2D eigenvalue weighted by atomic mass is 9.99. The second-order valence-corrected chi connectivity index (χ2v) is 4.51. The monoisotopic (exact) mass is 257 g/mol. The fourth-order valence-corrected chi connectivity index (χ4v) is 1.95.